The average Bonchev–Trinajstić information content (AvgIpc) is 2.99. The molecule has 0 aliphatic carbocycles. The van der Waals surface area contributed by atoms with E-state index in [1.807, 2.05) is 13.8 Å². The van der Waals surface area contributed by atoms with Gasteiger partial charge in [0.1, 0.15) is 17.5 Å². The Hall–Kier alpha value is -2.38. The Balaban J connectivity index is 2.40. The van der Waals surface area contributed by atoms with Crippen LogP contribution in [-0.4, -0.2) is 46.0 Å². The summed E-state index contributed by atoms with van der Waals surface area (Å²) in [5.74, 6) is -1.54. The van der Waals surface area contributed by atoms with Gasteiger partial charge in [0.25, 0.3) is 0 Å². The molecule has 0 unspecified atom stereocenters. The molecule has 0 aliphatic rings. The van der Waals surface area contributed by atoms with Crippen LogP contribution in [0.3, 0.4) is 0 Å². The minimum atomic E-state index is -1.17. The number of hydrogen-bond donors (Lipinski definition) is 2. The second-order valence-corrected chi connectivity index (χ2v) is 5.14. The van der Waals surface area contributed by atoms with Crippen LogP contribution in [0.4, 0.5) is 0 Å². The molecule has 0 fully saturated rings. The molecule has 8 nitrogen and oxygen atoms in total. The summed E-state index contributed by atoms with van der Waals surface area (Å²) in [7, 11) is 0. The third-order valence-corrected chi connectivity index (χ3v) is 3.23. The summed E-state index contributed by atoms with van der Waals surface area (Å²) in [6, 6.07) is 0. The molecule has 1 aromatic rings. The fourth-order valence-electron chi connectivity index (χ4n) is 2.11. The summed E-state index contributed by atoms with van der Waals surface area (Å²) in [4.78, 5) is 36.5. The van der Waals surface area contributed by atoms with Crippen molar-refractivity contribution in [1.82, 2.24) is 15.4 Å². The number of carbonyl (C=O) groups is 3. The number of carboxylic acids is 1. The first-order valence-electron chi connectivity index (χ1n) is 7.70. The largest absolute Gasteiger partial charge is 0.478 e. The molecule has 128 valence electrons. The maximum atomic E-state index is 12.0. The topological polar surface area (TPSA) is 113 Å². The van der Waals surface area contributed by atoms with Crippen LogP contribution >= 0.6 is 0 Å². The van der Waals surface area contributed by atoms with Crippen LogP contribution < -0.4 is 5.32 Å². The number of nitrogens with one attached hydrogen (secondary N) is 1. The molecule has 0 bridgehead atoms. The molecule has 0 radical (unpaired) electrons. The lowest BCUT2D eigenvalue weighted by Crippen LogP contribution is -2.33. The lowest BCUT2D eigenvalue weighted by molar-refractivity contribution is -0.133. The van der Waals surface area contributed by atoms with Crippen LogP contribution in [0.1, 0.15) is 55.6 Å². The van der Waals surface area contributed by atoms with Crippen molar-refractivity contribution in [2.45, 2.75) is 46.1 Å². The van der Waals surface area contributed by atoms with Gasteiger partial charge in [0, 0.05) is 25.9 Å². The Bertz CT molecular complexity index is 535. The number of nitrogens with zero attached hydrogens (tertiary/aromatic N) is 2. The molecule has 0 saturated heterocycles. The highest BCUT2D eigenvalue weighted by atomic mass is 16.5. The van der Waals surface area contributed by atoms with Gasteiger partial charge >= 0.3 is 5.97 Å². The summed E-state index contributed by atoms with van der Waals surface area (Å²) >= 11 is 0. The van der Waals surface area contributed by atoms with E-state index in [1.54, 1.807) is 4.90 Å². The second-order valence-electron chi connectivity index (χ2n) is 5.14. The quantitative estimate of drug-likeness (QED) is 0.672. The molecule has 1 aromatic heterocycles. The number of aromatic carboxylic acids is 1. The molecule has 0 saturated carbocycles. The molecule has 0 aromatic carbocycles. The summed E-state index contributed by atoms with van der Waals surface area (Å²) in [6.45, 7) is 5.34. The molecule has 2 N–H and O–H groups in total. The number of aromatic nitrogens is 1. The highest BCUT2D eigenvalue weighted by molar-refractivity contribution is 5.88. The number of amides is 2. The average molecular weight is 325 g/mol. The van der Waals surface area contributed by atoms with Crippen molar-refractivity contribution >= 4 is 17.8 Å². The van der Waals surface area contributed by atoms with Crippen LogP contribution in [0.25, 0.3) is 0 Å². The van der Waals surface area contributed by atoms with Crippen molar-refractivity contribution in [2.75, 3.05) is 13.1 Å². The predicted molar refractivity (Wildman–Crippen MR) is 81.7 cm³/mol. The van der Waals surface area contributed by atoms with Crippen LogP contribution in [0.2, 0.25) is 0 Å². The highest BCUT2D eigenvalue weighted by Gasteiger charge is 2.17. The molecular weight excluding hydrogens is 302 g/mol. The van der Waals surface area contributed by atoms with E-state index in [0.717, 1.165) is 19.1 Å². The fourth-order valence-corrected chi connectivity index (χ4v) is 2.11. The zero-order valence-corrected chi connectivity index (χ0v) is 13.5. The van der Waals surface area contributed by atoms with E-state index in [2.05, 4.69) is 15.0 Å². The molecular formula is C15H23N3O5. The van der Waals surface area contributed by atoms with E-state index < -0.39 is 5.97 Å². The zero-order chi connectivity index (χ0) is 17.2. The first-order chi connectivity index (χ1) is 11.0. The Morgan fingerprint density at radius 3 is 2.43 bits per heavy atom. The SMILES string of the molecule is CCCN(CCC)C(=O)CCC(=O)NCc1nocc1C(=O)O. The van der Waals surface area contributed by atoms with Gasteiger partial charge in [0.05, 0.1) is 6.54 Å². The van der Waals surface area contributed by atoms with Gasteiger partial charge in [-0.2, -0.15) is 0 Å². The van der Waals surface area contributed by atoms with E-state index in [0.29, 0.717) is 13.1 Å². The van der Waals surface area contributed by atoms with Gasteiger partial charge in [-0.05, 0) is 12.8 Å². The van der Waals surface area contributed by atoms with Crippen molar-refractivity contribution in [2.24, 2.45) is 0 Å². The Morgan fingerprint density at radius 2 is 1.87 bits per heavy atom. The van der Waals surface area contributed by atoms with Crippen molar-refractivity contribution < 1.29 is 24.0 Å². The van der Waals surface area contributed by atoms with Crippen molar-refractivity contribution in [3.63, 3.8) is 0 Å². The number of carboxylic acid groups (broad SMARTS) is 1. The first-order valence-corrected chi connectivity index (χ1v) is 7.70. The van der Waals surface area contributed by atoms with Gasteiger partial charge in [-0.1, -0.05) is 19.0 Å². The first kappa shape index (κ1) is 18.7. The van der Waals surface area contributed by atoms with E-state index in [9.17, 15) is 14.4 Å². The molecule has 1 heterocycles. The monoisotopic (exact) mass is 325 g/mol. The van der Waals surface area contributed by atoms with Crippen molar-refractivity contribution in [3.05, 3.63) is 17.5 Å². The van der Waals surface area contributed by atoms with Crippen molar-refractivity contribution in [3.8, 4) is 0 Å². The van der Waals surface area contributed by atoms with Gasteiger partial charge in [0.15, 0.2) is 0 Å². The minimum Gasteiger partial charge on any atom is -0.478 e. The Morgan fingerprint density at radius 1 is 1.22 bits per heavy atom. The Labute approximate surface area is 134 Å². The van der Waals surface area contributed by atoms with Crippen LogP contribution in [-0.2, 0) is 16.1 Å². The summed E-state index contributed by atoms with van der Waals surface area (Å²) < 4.78 is 4.58. The summed E-state index contributed by atoms with van der Waals surface area (Å²) in [5.41, 5.74) is 0.0641. The molecule has 0 spiro atoms. The molecule has 0 atom stereocenters. The standard InChI is InChI=1S/C15H23N3O5/c1-3-7-18(8-4-2)14(20)6-5-13(19)16-9-12-11(15(21)22)10-23-17-12/h10H,3-9H2,1-2H3,(H,16,19)(H,21,22). The third kappa shape index (κ3) is 6.09. The smallest absolute Gasteiger partial charge is 0.341 e. The van der Waals surface area contributed by atoms with E-state index in [-0.39, 0.29) is 42.5 Å². The maximum Gasteiger partial charge on any atom is 0.341 e. The summed E-state index contributed by atoms with van der Waals surface area (Å²) in [5, 5.41) is 15.0. The van der Waals surface area contributed by atoms with Crippen molar-refractivity contribution in [1.29, 1.82) is 0 Å². The maximum absolute atomic E-state index is 12.0. The van der Waals surface area contributed by atoms with Crippen LogP contribution in [0, 0.1) is 0 Å². The lowest BCUT2D eigenvalue weighted by Gasteiger charge is -2.21. The van der Waals surface area contributed by atoms with Crippen LogP contribution in [0.5, 0.6) is 0 Å². The van der Waals surface area contributed by atoms with Crippen LogP contribution in [0.15, 0.2) is 10.8 Å². The fraction of sp³-hybridized carbons (Fsp3) is 0.600. The van der Waals surface area contributed by atoms with Gasteiger partial charge in [-0.15, -0.1) is 0 Å². The number of rotatable bonds is 10. The summed E-state index contributed by atoms with van der Waals surface area (Å²) in [6.07, 6.45) is 2.96. The van der Waals surface area contributed by atoms with E-state index in [4.69, 9.17) is 5.11 Å². The van der Waals surface area contributed by atoms with E-state index in [1.165, 1.54) is 0 Å². The van der Waals surface area contributed by atoms with E-state index >= 15 is 0 Å². The number of hydrogen-bond acceptors (Lipinski definition) is 5. The van der Waals surface area contributed by atoms with Gasteiger partial charge < -0.3 is 19.8 Å². The second kappa shape index (κ2) is 9.60. The number of carbonyl (C=O) groups excluding carboxylic acids is 2. The molecule has 2 amide bonds. The minimum absolute atomic E-state index is 0.0429. The third-order valence-electron chi connectivity index (χ3n) is 3.23. The molecule has 1 rings (SSSR count). The Kier molecular flexibility index (Phi) is 7.79. The lowest BCUT2D eigenvalue weighted by atomic mass is 10.2. The predicted octanol–water partition coefficient (Wildman–Crippen LogP) is 1.42. The van der Waals surface area contributed by atoms with Gasteiger partial charge in [-0.25, -0.2) is 4.79 Å². The molecule has 0 aliphatic heterocycles. The molecule has 23 heavy (non-hydrogen) atoms. The molecule has 8 heteroatoms. The van der Waals surface area contributed by atoms with Gasteiger partial charge in [0.2, 0.25) is 11.8 Å². The zero-order valence-electron chi connectivity index (χ0n) is 13.5. The normalized spacial score (nSPS) is 10.3. The van der Waals surface area contributed by atoms with Gasteiger partial charge in [-0.3, -0.25) is 9.59 Å². The highest BCUT2D eigenvalue weighted by Crippen LogP contribution is 2.07.